The first-order valence-electron chi connectivity index (χ1n) is 13.5. The average Bonchev–Trinajstić information content (AvgIpc) is 3.01. The number of ether oxygens (including phenoxy) is 1. The van der Waals surface area contributed by atoms with Crippen molar-refractivity contribution in [2.45, 2.75) is 76.9 Å². The van der Waals surface area contributed by atoms with Crippen LogP contribution in [0, 0.1) is 11.8 Å². The molecule has 3 fully saturated rings. The van der Waals surface area contributed by atoms with E-state index in [-0.39, 0.29) is 47.8 Å². The van der Waals surface area contributed by atoms with Crippen LogP contribution >= 0.6 is 0 Å². The number of carbonyl (C=O) groups is 2. The molecule has 3 amide bonds. The summed E-state index contributed by atoms with van der Waals surface area (Å²) >= 11 is 0. The number of amidine groups is 1. The number of rotatable bonds is 9. The van der Waals surface area contributed by atoms with Gasteiger partial charge in [0.15, 0.2) is 0 Å². The summed E-state index contributed by atoms with van der Waals surface area (Å²) in [6.45, 7) is 5.77. The maximum absolute atomic E-state index is 13.4. The summed E-state index contributed by atoms with van der Waals surface area (Å²) in [5.41, 5.74) is 3.70. The molecule has 210 valence electrons. The Hall–Kier alpha value is -3.15. The Labute approximate surface area is 222 Å². The van der Waals surface area contributed by atoms with E-state index in [1.165, 1.54) is 28.1 Å². The summed E-state index contributed by atoms with van der Waals surface area (Å²) < 4.78 is 7.71. The van der Waals surface area contributed by atoms with Crippen molar-refractivity contribution in [3.63, 3.8) is 0 Å². The van der Waals surface area contributed by atoms with Gasteiger partial charge in [-0.3, -0.25) is 28.6 Å². The zero-order valence-corrected chi connectivity index (χ0v) is 22.8. The highest BCUT2D eigenvalue weighted by molar-refractivity contribution is 6.06. The molecule has 1 aliphatic carbocycles. The minimum Gasteiger partial charge on any atom is -0.494 e. The molecule has 3 heterocycles. The van der Waals surface area contributed by atoms with Gasteiger partial charge in [-0.15, -0.1) is 0 Å². The Morgan fingerprint density at radius 1 is 1.13 bits per heavy atom. The van der Waals surface area contributed by atoms with Gasteiger partial charge in [0.2, 0.25) is 5.88 Å². The number of carbonyl (C=O) groups excluding carboxylic acids is 2. The summed E-state index contributed by atoms with van der Waals surface area (Å²) in [6, 6.07) is -0.633. The molecule has 38 heavy (non-hydrogen) atoms. The molecule has 4 rings (SSSR count). The number of imide groups is 1. The second kappa shape index (κ2) is 10.9. The fourth-order valence-electron chi connectivity index (χ4n) is 6.08. The van der Waals surface area contributed by atoms with Crippen molar-refractivity contribution in [1.29, 1.82) is 0 Å². The standard InChI is InChI=1S/C26H40N6O6/c1-5-6-11-30-21(33)19(20(27)28-3)22(34)32(25(30)37)18-9-7-16(8-10-18)12-26(2)23(35)29(4)24(36)31(26)13-17-14-38-15-17/h16-18,33H,5-15H2,1-4H3,(H2,27,28)/t16?,18?,26-/m0/s1. The maximum Gasteiger partial charge on any atom is 0.334 e. The molecule has 12 nitrogen and oxygen atoms in total. The number of urea groups is 1. The van der Waals surface area contributed by atoms with Crippen LogP contribution < -0.4 is 17.0 Å². The molecule has 3 aliphatic rings. The molecule has 1 aromatic heterocycles. The molecule has 3 N–H and O–H groups in total. The number of unbranched alkanes of at least 4 members (excludes halogenated alkanes) is 1. The number of aromatic hydroxyl groups is 1. The van der Waals surface area contributed by atoms with E-state index in [2.05, 4.69) is 4.99 Å². The summed E-state index contributed by atoms with van der Waals surface area (Å²) in [6.07, 6.45) is 4.50. The normalized spacial score (nSPS) is 26.8. The van der Waals surface area contributed by atoms with Crippen LogP contribution in [0.2, 0.25) is 0 Å². The Morgan fingerprint density at radius 3 is 2.34 bits per heavy atom. The summed E-state index contributed by atoms with van der Waals surface area (Å²) in [5.74, 6) is -0.370. The van der Waals surface area contributed by atoms with Crippen molar-refractivity contribution in [3.8, 4) is 5.88 Å². The number of aliphatic imine (C=N–C) groups is 1. The fraction of sp³-hybridized carbons (Fsp3) is 0.731. The lowest BCUT2D eigenvalue weighted by Crippen LogP contribution is -2.52. The van der Waals surface area contributed by atoms with Crippen LogP contribution in [0.4, 0.5) is 4.79 Å². The summed E-state index contributed by atoms with van der Waals surface area (Å²) in [7, 11) is 2.96. The van der Waals surface area contributed by atoms with Crippen molar-refractivity contribution >= 4 is 17.8 Å². The molecule has 1 saturated carbocycles. The Balaban J connectivity index is 1.56. The second-order valence-electron chi connectivity index (χ2n) is 11.1. The zero-order valence-electron chi connectivity index (χ0n) is 22.8. The molecule has 2 aliphatic heterocycles. The lowest BCUT2D eigenvalue weighted by Gasteiger charge is -2.40. The van der Waals surface area contributed by atoms with Gasteiger partial charge in [-0.05, 0) is 51.4 Å². The molecular formula is C26H40N6O6. The lowest BCUT2D eigenvalue weighted by molar-refractivity contribution is -0.133. The van der Waals surface area contributed by atoms with Gasteiger partial charge in [-0.2, -0.15) is 0 Å². The highest BCUT2D eigenvalue weighted by atomic mass is 16.5. The van der Waals surface area contributed by atoms with Crippen LogP contribution in [0.1, 0.15) is 70.4 Å². The molecule has 0 radical (unpaired) electrons. The molecule has 0 bridgehead atoms. The molecule has 1 aromatic rings. The van der Waals surface area contributed by atoms with E-state index in [0.717, 1.165) is 6.42 Å². The van der Waals surface area contributed by atoms with Gasteiger partial charge < -0.3 is 20.5 Å². The van der Waals surface area contributed by atoms with Crippen LogP contribution in [-0.2, 0) is 16.1 Å². The number of hydrogen-bond acceptors (Lipinski definition) is 7. The predicted octanol–water partition coefficient (Wildman–Crippen LogP) is 1.27. The van der Waals surface area contributed by atoms with E-state index in [4.69, 9.17) is 10.5 Å². The third-order valence-corrected chi connectivity index (χ3v) is 8.48. The zero-order chi connectivity index (χ0) is 27.8. The minimum absolute atomic E-state index is 0.112. The largest absolute Gasteiger partial charge is 0.494 e. The number of hydrogen-bond donors (Lipinski definition) is 2. The van der Waals surface area contributed by atoms with Gasteiger partial charge in [0.05, 0.1) is 13.2 Å². The van der Waals surface area contributed by atoms with Gasteiger partial charge in [-0.1, -0.05) is 13.3 Å². The van der Waals surface area contributed by atoms with Gasteiger partial charge in [0.1, 0.15) is 16.9 Å². The molecular weight excluding hydrogens is 492 g/mol. The monoisotopic (exact) mass is 532 g/mol. The van der Waals surface area contributed by atoms with Gasteiger partial charge in [0.25, 0.3) is 11.5 Å². The first kappa shape index (κ1) is 27.9. The highest BCUT2D eigenvalue weighted by Gasteiger charge is 2.54. The van der Waals surface area contributed by atoms with Crippen LogP contribution in [0.15, 0.2) is 14.6 Å². The summed E-state index contributed by atoms with van der Waals surface area (Å²) in [4.78, 5) is 59.6. The van der Waals surface area contributed by atoms with Crippen LogP contribution in [-0.4, -0.2) is 81.2 Å². The van der Waals surface area contributed by atoms with Crippen molar-refractivity contribution in [2.24, 2.45) is 22.6 Å². The molecule has 0 aromatic carbocycles. The molecule has 0 unspecified atom stereocenters. The Kier molecular flexibility index (Phi) is 8.01. The van der Waals surface area contributed by atoms with E-state index in [0.29, 0.717) is 58.3 Å². The number of nitrogens with zero attached hydrogens (tertiary/aromatic N) is 5. The number of nitrogens with two attached hydrogens (primary N) is 1. The van der Waals surface area contributed by atoms with E-state index >= 15 is 0 Å². The smallest absolute Gasteiger partial charge is 0.334 e. The van der Waals surface area contributed by atoms with Crippen molar-refractivity contribution in [1.82, 2.24) is 18.9 Å². The predicted molar refractivity (Wildman–Crippen MR) is 141 cm³/mol. The highest BCUT2D eigenvalue weighted by Crippen LogP contribution is 2.40. The topological polar surface area (TPSA) is 152 Å². The maximum atomic E-state index is 13.4. The first-order chi connectivity index (χ1) is 18.0. The Bertz CT molecular complexity index is 1230. The minimum atomic E-state index is -0.930. The lowest BCUT2D eigenvalue weighted by atomic mass is 9.77. The van der Waals surface area contributed by atoms with Crippen molar-refractivity contribution in [2.75, 3.05) is 33.9 Å². The fourth-order valence-corrected chi connectivity index (χ4v) is 6.08. The van der Waals surface area contributed by atoms with E-state index in [9.17, 15) is 24.3 Å². The SMILES string of the molecule is CCCCn1c(O)c(C(N)=NC)c(=O)n(C2CCC(C[C@@]3(C)C(=O)N(C)C(=O)N3CC3COC3)CC2)c1=O. The second-order valence-corrected chi connectivity index (χ2v) is 11.1. The van der Waals surface area contributed by atoms with Gasteiger partial charge in [0, 0.05) is 39.1 Å². The quantitative estimate of drug-likeness (QED) is 0.276. The average molecular weight is 533 g/mol. The third-order valence-electron chi connectivity index (χ3n) is 8.48. The molecule has 0 spiro atoms. The van der Waals surface area contributed by atoms with Crippen molar-refractivity contribution < 1.29 is 19.4 Å². The van der Waals surface area contributed by atoms with Crippen molar-refractivity contribution in [3.05, 3.63) is 26.4 Å². The van der Waals surface area contributed by atoms with Gasteiger partial charge in [-0.25, -0.2) is 9.59 Å². The molecule has 1 atom stereocenters. The molecule has 2 saturated heterocycles. The summed E-state index contributed by atoms with van der Waals surface area (Å²) in [5, 5.41) is 10.7. The number of aromatic nitrogens is 2. The van der Waals surface area contributed by atoms with Gasteiger partial charge >= 0.3 is 11.7 Å². The van der Waals surface area contributed by atoms with Crippen LogP contribution in [0.25, 0.3) is 0 Å². The number of likely N-dealkylation sites (N-methyl/N-ethyl adjacent to an activating group) is 1. The van der Waals surface area contributed by atoms with Crippen LogP contribution in [0.3, 0.4) is 0 Å². The van der Waals surface area contributed by atoms with Crippen LogP contribution in [0.5, 0.6) is 5.88 Å². The van der Waals surface area contributed by atoms with E-state index in [1.54, 1.807) is 4.90 Å². The number of amides is 3. The Morgan fingerprint density at radius 2 is 1.79 bits per heavy atom. The third kappa shape index (κ3) is 4.74. The van der Waals surface area contributed by atoms with E-state index in [1.807, 2.05) is 13.8 Å². The molecule has 12 heteroatoms. The van der Waals surface area contributed by atoms with E-state index < -0.39 is 22.7 Å². The first-order valence-corrected chi connectivity index (χ1v) is 13.5.